The van der Waals surface area contributed by atoms with E-state index in [-0.39, 0.29) is 12.8 Å². The fraction of sp³-hybridized carbons (Fsp3) is 0.448. The number of carbonyl (C=O) groups excluding carboxylic acids is 3. The van der Waals surface area contributed by atoms with Crippen molar-refractivity contribution in [3.63, 3.8) is 0 Å². The van der Waals surface area contributed by atoms with E-state index in [1.165, 1.54) is 11.8 Å². The highest BCUT2D eigenvalue weighted by atomic mass is 32.2. The number of rotatable bonds is 18. The lowest BCUT2D eigenvalue weighted by atomic mass is 10.0. The van der Waals surface area contributed by atoms with Crippen LogP contribution in [0.3, 0.4) is 0 Å². The highest BCUT2D eigenvalue weighted by Crippen LogP contribution is 2.09. The molecule has 0 heterocycles. The summed E-state index contributed by atoms with van der Waals surface area (Å²) < 4.78 is 0. The van der Waals surface area contributed by atoms with Crippen LogP contribution in [-0.4, -0.2) is 71.5 Å². The molecule has 0 aliphatic rings. The van der Waals surface area contributed by atoms with Crippen molar-refractivity contribution in [3.8, 4) is 0 Å². The van der Waals surface area contributed by atoms with Crippen molar-refractivity contribution < 1.29 is 24.3 Å². The minimum atomic E-state index is -1.16. The minimum absolute atomic E-state index is 0.143. The van der Waals surface area contributed by atoms with E-state index in [1.807, 2.05) is 66.9 Å². The van der Waals surface area contributed by atoms with Gasteiger partial charge in [0.2, 0.25) is 17.7 Å². The highest BCUT2D eigenvalue weighted by molar-refractivity contribution is 7.98. The summed E-state index contributed by atoms with van der Waals surface area (Å²) in [5.41, 5.74) is 13.3. The Bertz CT molecular complexity index is 1070. The van der Waals surface area contributed by atoms with Gasteiger partial charge in [0.15, 0.2) is 0 Å². The smallest absolute Gasteiger partial charge is 0.326 e. The number of aliphatic carboxylic acids is 1. The molecule has 0 fully saturated rings. The third-order valence-electron chi connectivity index (χ3n) is 6.36. The third-order valence-corrected chi connectivity index (χ3v) is 7.00. The Kier molecular flexibility index (Phi) is 14.8. The standard InChI is InChI=1S/C29H41N5O5S/c1-40-17-15-23(32-26(35)22(31)18-20-10-4-2-5-11-20)27(36)34-25(19-21-12-6-3-7-13-21)28(37)33-24(29(38)39)14-8-9-16-30/h2-7,10-13,22-25H,8-9,14-19,30-31H2,1H3,(H,32,35)(H,33,37)(H,34,36)(H,38,39). The van der Waals surface area contributed by atoms with Crippen LogP contribution in [0.2, 0.25) is 0 Å². The van der Waals surface area contributed by atoms with Crippen molar-refractivity contribution >= 4 is 35.5 Å². The molecule has 0 saturated carbocycles. The zero-order valence-electron chi connectivity index (χ0n) is 22.9. The molecule has 3 amide bonds. The summed E-state index contributed by atoms with van der Waals surface area (Å²) in [4.78, 5) is 51.4. The predicted octanol–water partition coefficient (Wildman–Crippen LogP) is 1.22. The third kappa shape index (κ3) is 11.8. The van der Waals surface area contributed by atoms with Crippen LogP contribution >= 0.6 is 11.8 Å². The van der Waals surface area contributed by atoms with Crippen LogP contribution in [-0.2, 0) is 32.0 Å². The molecule has 0 saturated heterocycles. The number of benzene rings is 2. The maximum Gasteiger partial charge on any atom is 0.326 e. The fourth-order valence-electron chi connectivity index (χ4n) is 4.10. The van der Waals surface area contributed by atoms with Crippen LogP contribution in [0, 0.1) is 0 Å². The number of nitrogens with one attached hydrogen (secondary N) is 3. The monoisotopic (exact) mass is 571 g/mol. The SMILES string of the molecule is CSCCC(NC(=O)C(N)Cc1ccccc1)C(=O)NC(Cc1ccccc1)C(=O)NC(CCCCN)C(=O)O. The summed E-state index contributed by atoms with van der Waals surface area (Å²) in [6.07, 6.45) is 4.06. The second-order valence-electron chi connectivity index (χ2n) is 9.57. The van der Waals surface area contributed by atoms with E-state index in [1.54, 1.807) is 0 Å². The second-order valence-corrected chi connectivity index (χ2v) is 10.6. The van der Waals surface area contributed by atoms with Crippen LogP contribution in [0.15, 0.2) is 60.7 Å². The largest absolute Gasteiger partial charge is 0.480 e. The van der Waals surface area contributed by atoms with Gasteiger partial charge in [-0.05, 0) is 61.8 Å². The quantitative estimate of drug-likeness (QED) is 0.145. The molecule has 218 valence electrons. The van der Waals surface area contributed by atoms with Crippen molar-refractivity contribution in [1.29, 1.82) is 0 Å². The topological polar surface area (TPSA) is 177 Å². The van der Waals surface area contributed by atoms with Gasteiger partial charge in [0.1, 0.15) is 18.1 Å². The first-order valence-electron chi connectivity index (χ1n) is 13.4. The van der Waals surface area contributed by atoms with Gasteiger partial charge in [-0.3, -0.25) is 14.4 Å². The highest BCUT2D eigenvalue weighted by Gasteiger charge is 2.30. The Balaban J connectivity index is 2.16. The molecule has 2 rings (SSSR count). The van der Waals surface area contributed by atoms with Gasteiger partial charge in [0.05, 0.1) is 6.04 Å². The van der Waals surface area contributed by atoms with Crippen molar-refractivity contribution in [2.75, 3.05) is 18.6 Å². The van der Waals surface area contributed by atoms with Gasteiger partial charge in [-0.25, -0.2) is 4.79 Å². The zero-order chi connectivity index (χ0) is 29.3. The first-order chi connectivity index (χ1) is 19.2. The number of unbranched alkanes of at least 4 members (excludes halogenated alkanes) is 1. The van der Waals surface area contributed by atoms with E-state index in [2.05, 4.69) is 16.0 Å². The average molecular weight is 572 g/mol. The molecular formula is C29H41N5O5S. The number of carboxylic acid groups (broad SMARTS) is 1. The predicted molar refractivity (Wildman–Crippen MR) is 158 cm³/mol. The van der Waals surface area contributed by atoms with Crippen molar-refractivity contribution in [3.05, 3.63) is 71.8 Å². The number of hydrogen-bond donors (Lipinski definition) is 6. The summed E-state index contributed by atoms with van der Waals surface area (Å²) in [6, 6.07) is 14.5. The Morgan fingerprint density at radius 2 is 1.27 bits per heavy atom. The van der Waals surface area contributed by atoms with Crippen LogP contribution < -0.4 is 27.4 Å². The molecule has 4 unspecified atom stereocenters. The first-order valence-corrected chi connectivity index (χ1v) is 14.8. The van der Waals surface area contributed by atoms with Gasteiger partial charge in [-0.15, -0.1) is 0 Å². The molecular weight excluding hydrogens is 530 g/mol. The maximum absolute atomic E-state index is 13.4. The molecule has 0 aliphatic carbocycles. The Morgan fingerprint density at radius 3 is 1.82 bits per heavy atom. The molecule has 2 aromatic carbocycles. The Morgan fingerprint density at radius 1 is 0.750 bits per heavy atom. The molecule has 2 aromatic rings. The Hall–Kier alpha value is -3.41. The number of amides is 3. The lowest BCUT2D eigenvalue weighted by Crippen LogP contribution is -2.57. The van der Waals surface area contributed by atoms with Crippen LogP contribution in [0.4, 0.5) is 0 Å². The van der Waals surface area contributed by atoms with Gasteiger partial charge < -0.3 is 32.5 Å². The maximum atomic E-state index is 13.4. The fourth-order valence-corrected chi connectivity index (χ4v) is 4.57. The minimum Gasteiger partial charge on any atom is -0.480 e. The van der Waals surface area contributed by atoms with Crippen molar-refractivity contribution in [2.45, 2.75) is 62.7 Å². The lowest BCUT2D eigenvalue weighted by molar-refractivity contribution is -0.142. The van der Waals surface area contributed by atoms with Gasteiger partial charge in [-0.1, -0.05) is 60.7 Å². The average Bonchev–Trinajstić information content (AvgIpc) is 2.95. The van der Waals surface area contributed by atoms with Gasteiger partial charge in [-0.2, -0.15) is 11.8 Å². The first kappa shape index (κ1) is 32.8. The molecule has 40 heavy (non-hydrogen) atoms. The number of nitrogens with two attached hydrogens (primary N) is 2. The molecule has 8 N–H and O–H groups in total. The summed E-state index contributed by atoms with van der Waals surface area (Å²) in [5.74, 6) is -2.20. The number of thioether (sulfide) groups is 1. The van der Waals surface area contributed by atoms with Gasteiger partial charge in [0.25, 0.3) is 0 Å². The molecule has 0 bridgehead atoms. The van der Waals surface area contributed by atoms with E-state index < -0.39 is 47.9 Å². The normalized spacial score (nSPS) is 13.9. The van der Waals surface area contributed by atoms with E-state index in [9.17, 15) is 24.3 Å². The van der Waals surface area contributed by atoms with Gasteiger partial charge in [0, 0.05) is 6.42 Å². The summed E-state index contributed by atoms with van der Waals surface area (Å²) in [7, 11) is 0. The summed E-state index contributed by atoms with van der Waals surface area (Å²) in [5, 5.41) is 17.7. The van der Waals surface area contributed by atoms with Crippen LogP contribution in [0.25, 0.3) is 0 Å². The molecule has 10 nitrogen and oxygen atoms in total. The van der Waals surface area contributed by atoms with Crippen molar-refractivity contribution in [1.82, 2.24) is 16.0 Å². The van der Waals surface area contributed by atoms with E-state index in [4.69, 9.17) is 11.5 Å². The molecule has 11 heteroatoms. The molecule has 0 radical (unpaired) electrons. The number of carbonyl (C=O) groups is 4. The number of carboxylic acids is 1. The number of hydrogen-bond acceptors (Lipinski definition) is 7. The molecule has 4 atom stereocenters. The van der Waals surface area contributed by atoms with E-state index >= 15 is 0 Å². The molecule has 0 aromatic heterocycles. The lowest BCUT2D eigenvalue weighted by Gasteiger charge is -2.25. The zero-order valence-corrected chi connectivity index (χ0v) is 23.7. The van der Waals surface area contributed by atoms with Crippen molar-refractivity contribution in [2.24, 2.45) is 11.5 Å². The van der Waals surface area contributed by atoms with Crippen LogP contribution in [0.5, 0.6) is 0 Å². The van der Waals surface area contributed by atoms with E-state index in [0.29, 0.717) is 38.0 Å². The van der Waals surface area contributed by atoms with Gasteiger partial charge >= 0.3 is 5.97 Å². The second kappa shape index (κ2) is 18.0. The van der Waals surface area contributed by atoms with Crippen LogP contribution in [0.1, 0.15) is 36.8 Å². The summed E-state index contributed by atoms with van der Waals surface area (Å²) in [6.45, 7) is 0.422. The summed E-state index contributed by atoms with van der Waals surface area (Å²) >= 11 is 1.52. The Labute approximate surface area is 240 Å². The molecule has 0 spiro atoms. The van der Waals surface area contributed by atoms with E-state index in [0.717, 1.165) is 11.1 Å². The molecule has 0 aliphatic heterocycles.